The molecule has 0 saturated carbocycles. The molecule has 5 nitrogen and oxygen atoms in total. The largest absolute Gasteiger partial charge is 0.380 e. The van der Waals surface area contributed by atoms with Gasteiger partial charge in [-0.2, -0.15) is 4.98 Å². The first-order valence-electron chi connectivity index (χ1n) is 7.30. The summed E-state index contributed by atoms with van der Waals surface area (Å²) >= 11 is 0. The van der Waals surface area contributed by atoms with Gasteiger partial charge in [-0.3, -0.25) is 0 Å². The molecule has 1 aliphatic heterocycles. The molecular formula is C16H19FN4O. The second-order valence-electron chi connectivity index (χ2n) is 5.46. The smallest absolute Gasteiger partial charge is 0.224 e. The summed E-state index contributed by atoms with van der Waals surface area (Å²) in [7, 11) is 1.82. The molecule has 0 aliphatic carbocycles. The summed E-state index contributed by atoms with van der Waals surface area (Å²) in [5.41, 5.74) is 0.899. The van der Waals surface area contributed by atoms with E-state index in [0.717, 1.165) is 17.8 Å². The van der Waals surface area contributed by atoms with Gasteiger partial charge in [-0.25, -0.2) is 9.37 Å². The second-order valence-corrected chi connectivity index (χ2v) is 5.46. The predicted octanol–water partition coefficient (Wildman–Crippen LogP) is 2.43. The van der Waals surface area contributed by atoms with Crippen molar-refractivity contribution in [1.29, 1.82) is 0 Å². The van der Waals surface area contributed by atoms with E-state index in [4.69, 9.17) is 4.74 Å². The Morgan fingerprint density at radius 3 is 2.77 bits per heavy atom. The van der Waals surface area contributed by atoms with Gasteiger partial charge >= 0.3 is 0 Å². The summed E-state index contributed by atoms with van der Waals surface area (Å²) in [4.78, 5) is 8.58. The van der Waals surface area contributed by atoms with Gasteiger partial charge in [0.15, 0.2) is 0 Å². The standard InChI is InChI=1S/C16H19FN4O/c1-18-14-6-8-19-15(21-14)20-10-16(7-9-22-11-16)12-2-4-13(17)5-3-12/h2-6,8H,7,9-11H2,1H3,(H2,18,19,20,21). The molecule has 2 aromatic rings. The van der Waals surface area contributed by atoms with E-state index in [9.17, 15) is 4.39 Å². The first-order valence-corrected chi connectivity index (χ1v) is 7.30. The Morgan fingerprint density at radius 2 is 2.09 bits per heavy atom. The number of halogens is 1. The van der Waals surface area contributed by atoms with Gasteiger partial charge in [-0.1, -0.05) is 12.1 Å². The number of ether oxygens (including phenoxy) is 1. The van der Waals surface area contributed by atoms with Gasteiger partial charge in [0.2, 0.25) is 5.95 Å². The minimum Gasteiger partial charge on any atom is -0.380 e. The second kappa shape index (κ2) is 6.27. The predicted molar refractivity (Wildman–Crippen MR) is 83.6 cm³/mol. The highest BCUT2D eigenvalue weighted by atomic mass is 19.1. The van der Waals surface area contributed by atoms with Crippen molar-refractivity contribution >= 4 is 11.8 Å². The van der Waals surface area contributed by atoms with E-state index in [1.807, 2.05) is 19.2 Å². The molecule has 0 spiro atoms. The molecule has 2 N–H and O–H groups in total. The number of aromatic nitrogens is 2. The van der Waals surface area contributed by atoms with E-state index in [1.165, 1.54) is 12.1 Å². The van der Waals surface area contributed by atoms with E-state index in [1.54, 1.807) is 12.3 Å². The Kier molecular flexibility index (Phi) is 4.20. The number of nitrogens with one attached hydrogen (secondary N) is 2. The summed E-state index contributed by atoms with van der Waals surface area (Å²) in [5, 5.41) is 6.26. The molecule has 116 valence electrons. The molecule has 1 unspecified atom stereocenters. The summed E-state index contributed by atoms with van der Waals surface area (Å²) in [6.07, 6.45) is 2.59. The van der Waals surface area contributed by atoms with Crippen LogP contribution in [0.2, 0.25) is 0 Å². The van der Waals surface area contributed by atoms with Crippen molar-refractivity contribution < 1.29 is 9.13 Å². The lowest BCUT2D eigenvalue weighted by Gasteiger charge is -2.28. The maximum absolute atomic E-state index is 13.2. The van der Waals surface area contributed by atoms with Crippen LogP contribution in [0.1, 0.15) is 12.0 Å². The molecule has 22 heavy (non-hydrogen) atoms. The molecule has 0 bridgehead atoms. The first-order chi connectivity index (χ1) is 10.7. The lowest BCUT2D eigenvalue weighted by Crippen LogP contribution is -2.35. The minimum atomic E-state index is -0.226. The molecule has 3 rings (SSSR count). The normalized spacial score (nSPS) is 20.8. The zero-order chi connectivity index (χ0) is 15.4. The molecular weight excluding hydrogens is 283 g/mol. The van der Waals surface area contributed by atoms with Crippen LogP contribution in [0.25, 0.3) is 0 Å². The zero-order valence-electron chi connectivity index (χ0n) is 12.5. The van der Waals surface area contributed by atoms with Gasteiger partial charge in [-0.05, 0) is 30.2 Å². The van der Waals surface area contributed by atoms with Crippen LogP contribution >= 0.6 is 0 Å². The fourth-order valence-electron chi connectivity index (χ4n) is 2.71. The quantitative estimate of drug-likeness (QED) is 0.888. The number of anilines is 2. The summed E-state index contributed by atoms with van der Waals surface area (Å²) in [6.45, 7) is 1.96. The minimum absolute atomic E-state index is 0.174. The maximum Gasteiger partial charge on any atom is 0.224 e. The monoisotopic (exact) mass is 302 g/mol. The van der Waals surface area contributed by atoms with E-state index in [0.29, 0.717) is 25.7 Å². The third kappa shape index (κ3) is 3.01. The molecule has 1 atom stereocenters. The van der Waals surface area contributed by atoms with Crippen molar-refractivity contribution in [2.75, 3.05) is 37.4 Å². The number of benzene rings is 1. The molecule has 1 saturated heterocycles. The van der Waals surface area contributed by atoms with E-state index in [-0.39, 0.29) is 11.2 Å². The molecule has 6 heteroatoms. The molecule has 0 radical (unpaired) electrons. The highest BCUT2D eigenvalue weighted by molar-refractivity contribution is 5.40. The van der Waals surface area contributed by atoms with Crippen molar-refractivity contribution in [3.8, 4) is 0 Å². The number of hydrogen-bond donors (Lipinski definition) is 2. The Morgan fingerprint density at radius 1 is 1.27 bits per heavy atom. The summed E-state index contributed by atoms with van der Waals surface area (Å²) in [6, 6.07) is 8.45. The number of nitrogens with zero attached hydrogens (tertiary/aromatic N) is 2. The molecule has 1 aromatic heterocycles. The van der Waals surface area contributed by atoms with Crippen LogP contribution < -0.4 is 10.6 Å². The molecule has 2 heterocycles. The fraction of sp³-hybridized carbons (Fsp3) is 0.375. The number of hydrogen-bond acceptors (Lipinski definition) is 5. The number of rotatable bonds is 5. The Bertz CT molecular complexity index is 626. The molecule has 1 fully saturated rings. The van der Waals surface area contributed by atoms with Gasteiger partial charge < -0.3 is 15.4 Å². The van der Waals surface area contributed by atoms with E-state index < -0.39 is 0 Å². The van der Waals surface area contributed by atoms with Crippen molar-refractivity contribution in [1.82, 2.24) is 9.97 Å². The molecule has 0 amide bonds. The van der Waals surface area contributed by atoms with Gasteiger partial charge in [0, 0.05) is 31.8 Å². The van der Waals surface area contributed by atoms with Gasteiger partial charge in [0.1, 0.15) is 11.6 Å². The van der Waals surface area contributed by atoms with Crippen molar-refractivity contribution in [3.05, 3.63) is 47.9 Å². The van der Waals surface area contributed by atoms with Crippen LogP contribution in [0.4, 0.5) is 16.2 Å². The third-order valence-corrected chi connectivity index (χ3v) is 4.06. The van der Waals surface area contributed by atoms with Crippen LogP contribution in [-0.2, 0) is 10.2 Å². The van der Waals surface area contributed by atoms with Gasteiger partial charge in [0.05, 0.1) is 6.61 Å². The van der Waals surface area contributed by atoms with Gasteiger partial charge in [-0.15, -0.1) is 0 Å². The Hall–Kier alpha value is -2.21. The summed E-state index contributed by atoms with van der Waals surface area (Å²) in [5.74, 6) is 1.10. The zero-order valence-corrected chi connectivity index (χ0v) is 12.5. The Balaban J connectivity index is 1.78. The average molecular weight is 302 g/mol. The highest BCUT2D eigenvalue weighted by Crippen LogP contribution is 2.33. The molecule has 1 aliphatic rings. The van der Waals surface area contributed by atoms with Crippen LogP contribution in [0.3, 0.4) is 0 Å². The lowest BCUT2D eigenvalue weighted by molar-refractivity contribution is 0.179. The first kappa shape index (κ1) is 14.7. The van der Waals surface area contributed by atoms with Crippen LogP contribution in [-0.4, -0.2) is 36.8 Å². The lowest BCUT2D eigenvalue weighted by atomic mass is 9.80. The van der Waals surface area contributed by atoms with Crippen LogP contribution in [0.5, 0.6) is 0 Å². The average Bonchev–Trinajstić information content (AvgIpc) is 3.04. The van der Waals surface area contributed by atoms with E-state index >= 15 is 0 Å². The van der Waals surface area contributed by atoms with Crippen molar-refractivity contribution in [2.24, 2.45) is 0 Å². The Labute approximate surface area is 128 Å². The molecule has 1 aromatic carbocycles. The van der Waals surface area contributed by atoms with E-state index in [2.05, 4.69) is 20.6 Å². The van der Waals surface area contributed by atoms with Crippen LogP contribution in [0, 0.1) is 5.82 Å². The summed E-state index contributed by atoms with van der Waals surface area (Å²) < 4.78 is 18.8. The van der Waals surface area contributed by atoms with Crippen molar-refractivity contribution in [2.45, 2.75) is 11.8 Å². The SMILES string of the molecule is CNc1ccnc(NCC2(c3ccc(F)cc3)CCOC2)n1. The van der Waals surface area contributed by atoms with Gasteiger partial charge in [0.25, 0.3) is 0 Å². The highest BCUT2D eigenvalue weighted by Gasteiger charge is 2.36. The van der Waals surface area contributed by atoms with Crippen molar-refractivity contribution in [3.63, 3.8) is 0 Å². The maximum atomic E-state index is 13.2. The third-order valence-electron chi connectivity index (χ3n) is 4.06. The fourth-order valence-corrected chi connectivity index (χ4v) is 2.71. The van der Waals surface area contributed by atoms with Crippen LogP contribution in [0.15, 0.2) is 36.5 Å². The topological polar surface area (TPSA) is 59.1 Å².